The van der Waals surface area contributed by atoms with Crippen molar-refractivity contribution in [3.63, 3.8) is 0 Å². The van der Waals surface area contributed by atoms with Gasteiger partial charge < -0.3 is 0 Å². The summed E-state index contributed by atoms with van der Waals surface area (Å²) in [7, 11) is 0. The minimum atomic E-state index is 0.702. The predicted octanol–water partition coefficient (Wildman–Crippen LogP) is 12.2. The molecule has 9 rings (SSSR count). The SMILES string of the molecule is Cc1ccc2ccc3c(C)cc(-c4cccc(-c5ccc(-c6cc(-c7ccc(-c8ccccc8)cc7)nc(-c7ccccc7)n6)cc5)c4)nc3c2n1. The Morgan fingerprint density at radius 3 is 1.52 bits per heavy atom. The van der Waals surface area contributed by atoms with Crippen LogP contribution >= 0.6 is 0 Å². The molecule has 0 aliphatic heterocycles. The maximum absolute atomic E-state index is 5.17. The summed E-state index contributed by atoms with van der Waals surface area (Å²) in [6.45, 7) is 4.18. The molecule has 0 aliphatic carbocycles. The molecule has 0 radical (unpaired) electrons. The van der Waals surface area contributed by atoms with Crippen molar-refractivity contribution >= 4 is 21.8 Å². The lowest BCUT2D eigenvalue weighted by molar-refractivity contribution is 1.18. The summed E-state index contributed by atoms with van der Waals surface area (Å²) in [4.78, 5) is 20.1. The largest absolute Gasteiger partial charge is 0.251 e. The number of pyridine rings is 2. The Hall–Kier alpha value is -6.78. The number of hydrogen-bond acceptors (Lipinski definition) is 4. The van der Waals surface area contributed by atoms with E-state index in [9.17, 15) is 0 Å². The minimum Gasteiger partial charge on any atom is -0.251 e. The molecule has 0 saturated heterocycles. The van der Waals surface area contributed by atoms with E-state index in [1.54, 1.807) is 0 Å². The first-order valence-corrected chi connectivity index (χ1v) is 17.6. The highest BCUT2D eigenvalue weighted by Gasteiger charge is 2.13. The molecule has 0 fully saturated rings. The van der Waals surface area contributed by atoms with Crippen molar-refractivity contribution in [3.8, 4) is 67.4 Å². The molecule has 0 aliphatic rings. The van der Waals surface area contributed by atoms with Crippen LogP contribution in [0.5, 0.6) is 0 Å². The molecule has 0 bridgehead atoms. The molecule has 4 heteroatoms. The molecule has 246 valence electrons. The van der Waals surface area contributed by atoms with Crippen molar-refractivity contribution in [1.29, 1.82) is 0 Å². The van der Waals surface area contributed by atoms with Crippen molar-refractivity contribution in [2.45, 2.75) is 13.8 Å². The third-order valence-corrected chi connectivity index (χ3v) is 9.70. The second-order valence-electron chi connectivity index (χ2n) is 13.2. The highest BCUT2D eigenvalue weighted by molar-refractivity contribution is 6.04. The zero-order chi connectivity index (χ0) is 35.0. The number of rotatable bonds is 6. The molecule has 0 saturated carbocycles. The van der Waals surface area contributed by atoms with Crippen LogP contribution in [-0.4, -0.2) is 19.9 Å². The summed E-state index contributed by atoms with van der Waals surface area (Å²) in [5.41, 5.74) is 15.5. The van der Waals surface area contributed by atoms with Crippen LogP contribution in [0.3, 0.4) is 0 Å². The minimum absolute atomic E-state index is 0.702. The van der Waals surface area contributed by atoms with Crippen molar-refractivity contribution < 1.29 is 0 Å². The molecule has 9 aromatic rings. The lowest BCUT2D eigenvalue weighted by Gasteiger charge is -2.12. The zero-order valence-electron chi connectivity index (χ0n) is 29.0. The molecule has 0 spiro atoms. The van der Waals surface area contributed by atoms with Crippen LogP contribution in [0, 0.1) is 13.8 Å². The summed E-state index contributed by atoms with van der Waals surface area (Å²) >= 11 is 0. The van der Waals surface area contributed by atoms with Gasteiger partial charge in [0.15, 0.2) is 5.82 Å². The van der Waals surface area contributed by atoms with Gasteiger partial charge in [-0.3, -0.25) is 4.98 Å². The summed E-state index contributed by atoms with van der Waals surface area (Å²) in [6.07, 6.45) is 0. The van der Waals surface area contributed by atoms with E-state index in [-0.39, 0.29) is 0 Å². The Bertz CT molecular complexity index is 2720. The first kappa shape index (κ1) is 31.2. The normalized spacial score (nSPS) is 11.3. The molecular weight excluding hydrogens is 633 g/mol. The fourth-order valence-electron chi connectivity index (χ4n) is 6.90. The fourth-order valence-corrected chi connectivity index (χ4v) is 6.90. The highest BCUT2D eigenvalue weighted by atomic mass is 14.9. The van der Waals surface area contributed by atoms with E-state index in [4.69, 9.17) is 19.9 Å². The maximum Gasteiger partial charge on any atom is 0.160 e. The van der Waals surface area contributed by atoms with Crippen LogP contribution in [0.15, 0.2) is 170 Å². The van der Waals surface area contributed by atoms with Crippen molar-refractivity contribution in [1.82, 2.24) is 19.9 Å². The number of benzene rings is 6. The zero-order valence-corrected chi connectivity index (χ0v) is 29.0. The van der Waals surface area contributed by atoms with E-state index in [0.29, 0.717) is 5.82 Å². The first-order chi connectivity index (χ1) is 25.6. The summed E-state index contributed by atoms with van der Waals surface area (Å²) in [6, 6.07) is 59.2. The predicted molar refractivity (Wildman–Crippen MR) is 215 cm³/mol. The van der Waals surface area contributed by atoms with E-state index in [0.717, 1.165) is 78.0 Å². The standard InChI is InChI=1S/C48H34N4/c1-31-28-43(50-47-42(31)27-26-38-17-16-32(2)49-46(38)47)41-15-9-14-40(29-41)35-20-24-37(25-21-35)45-30-44(51-48(52-45)39-12-7-4-8-13-39)36-22-18-34(19-23-36)33-10-5-3-6-11-33/h3-30H,1-2H3. The summed E-state index contributed by atoms with van der Waals surface area (Å²) < 4.78 is 0. The average molecular weight is 667 g/mol. The average Bonchev–Trinajstić information content (AvgIpc) is 3.21. The molecule has 6 aromatic carbocycles. The van der Waals surface area contributed by atoms with E-state index >= 15 is 0 Å². The molecule has 4 nitrogen and oxygen atoms in total. The third-order valence-electron chi connectivity index (χ3n) is 9.70. The van der Waals surface area contributed by atoms with Crippen LogP contribution in [0.25, 0.3) is 89.2 Å². The summed E-state index contributed by atoms with van der Waals surface area (Å²) in [5.74, 6) is 0.702. The van der Waals surface area contributed by atoms with Crippen molar-refractivity contribution in [2.24, 2.45) is 0 Å². The van der Waals surface area contributed by atoms with Gasteiger partial charge in [-0.05, 0) is 65.9 Å². The van der Waals surface area contributed by atoms with E-state index in [1.807, 2.05) is 31.2 Å². The summed E-state index contributed by atoms with van der Waals surface area (Å²) in [5, 5.41) is 2.23. The van der Waals surface area contributed by atoms with Gasteiger partial charge >= 0.3 is 0 Å². The molecule has 52 heavy (non-hydrogen) atoms. The maximum atomic E-state index is 5.17. The van der Waals surface area contributed by atoms with Crippen molar-refractivity contribution in [2.75, 3.05) is 0 Å². The van der Waals surface area contributed by atoms with E-state index in [2.05, 4.69) is 153 Å². The first-order valence-electron chi connectivity index (χ1n) is 17.6. The lowest BCUT2D eigenvalue weighted by Crippen LogP contribution is -1.96. The van der Waals surface area contributed by atoms with Gasteiger partial charge in [-0.1, -0.05) is 146 Å². The fraction of sp³-hybridized carbons (Fsp3) is 0.0417. The number of aromatic nitrogens is 4. The Balaban J connectivity index is 1.06. The molecule has 3 aromatic heterocycles. The van der Waals surface area contributed by atoms with Gasteiger partial charge in [-0.25, -0.2) is 15.0 Å². The lowest BCUT2D eigenvalue weighted by atomic mass is 9.98. The second kappa shape index (κ2) is 13.2. The van der Waals surface area contributed by atoms with Gasteiger partial charge in [0.2, 0.25) is 0 Å². The molecule has 0 N–H and O–H groups in total. The number of fused-ring (bicyclic) bond motifs is 3. The number of nitrogens with zero attached hydrogens (tertiary/aromatic N) is 4. The highest BCUT2D eigenvalue weighted by Crippen LogP contribution is 2.33. The van der Waals surface area contributed by atoms with Gasteiger partial charge in [0.05, 0.1) is 28.1 Å². The Labute approximate surface area is 303 Å². The van der Waals surface area contributed by atoms with Crippen LogP contribution < -0.4 is 0 Å². The monoisotopic (exact) mass is 666 g/mol. The third kappa shape index (κ3) is 6.01. The molecular formula is C48H34N4. The van der Waals surface area contributed by atoms with Crippen molar-refractivity contribution in [3.05, 3.63) is 181 Å². The van der Waals surface area contributed by atoms with Gasteiger partial charge in [-0.15, -0.1) is 0 Å². The topological polar surface area (TPSA) is 51.6 Å². The van der Waals surface area contributed by atoms with Gasteiger partial charge in [0, 0.05) is 38.7 Å². The smallest absolute Gasteiger partial charge is 0.160 e. The number of aryl methyl sites for hydroxylation is 2. The van der Waals surface area contributed by atoms with Crippen LogP contribution in [0.2, 0.25) is 0 Å². The quantitative estimate of drug-likeness (QED) is 0.166. The molecule has 3 heterocycles. The van der Waals surface area contributed by atoms with Crippen LogP contribution in [0.1, 0.15) is 11.3 Å². The second-order valence-corrected chi connectivity index (χ2v) is 13.2. The van der Waals surface area contributed by atoms with Gasteiger partial charge in [0.1, 0.15) is 0 Å². The Kier molecular flexibility index (Phi) is 7.90. The van der Waals surface area contributed by atoms with Gasteiger partial charge in [-0.2, -0.15) is 0 Å². The van der Waals surface area contributed by atoms with Crippen LogP contribution in [0.4, 0.5) is 0 Å². The Morgan fingerprint density at radius 1 is 0.327 bits per heavy atom. The molecule has 0 unspecified atom stereocenters. The number of hydrogen-bond donors (Lipinski definition) is 0. The van der Waals surface area contributed by atoms with E-state index in [1.165, 1.54) is 16.7 Å². The van der Waals surface area contributed by atoms with Gasteiger partial charge in [0.25, 0.3) is 0 Å². The van der Waals surface area contributed by atoms with Crippen LogP contribution in [-0.2, 0) is 0 Å². The molecule has 0 atom stereocenters. The Morgan fingerprint density at radius 2 is 0.846 bits per heavy atom. The van der Waals surface area contributed by atoms with E-state index < -0.39 is 0 Å². The molecule has 0 amide bonds.